The molecule has 3 unspecified atom stereocenters. The van der Waals surface area contributed by atoms with Crippen LogP contribution in [0.15, 0.2) is 24.3 Å². The van der Waals surface area contributed by atoms with Crippen LogP contribution in [0.4, 0.5) is 0 Å². The second-order valence-corrected chi connectivity index (χ2v) is 5.43. The molecule has 4 nitrogen and oxygen atoms in total. The van der Waals surface area contributed by atoms with E-state index in [2.05, 4.69) is 41.4 Å². The molecule has 1 fully saturated rings. The minimum absolute atomic E-state index is 0.315. The van der Waals surface area contributed by atoms with Crippen molar-refractivity contribution < 1.29 is 10.2 Å². The van der Waals surface area contributed by atoms with E-state index in [9.17, 15) is 10.2 Å². The molecule has 1 heterocycles. The van der Waals surface area contributed by atoms with E-state index in [0.29, 0.717) is 19.1 Å². The Morgan fingerprint density at radius 2 is 1.79 bits per heavy atom. The molecule has 19 heavy (non-hydrogen) atoms. The molecule has 0 radical (unpaired) electrons. The van der Waals surface area contributed by atoms with E-state index in [1.807, 2.05) is 7.05 Å². The fraction of sp³-hybridized carbons (Fsp3) is 0.600. The SMILES string of the molecule is CNC(CCN1CC(O)C(O)C1)c1ccc(C)cc1. The number of nitrogens with zero attached hydrogens (tertiary/aromatic N) is 1. The molecule has 0 amide bonds. The van der Waals surface area contributed by atoms with Crippen molar-refractivity contribution in [2.45, 2.75) is 31.6 Å². The number of benzene rings is 1. The minimum Gasteiger partial charge on any atom is -0.389 e. The van der Waals surface area contributed by atoms with Crippen LogP contribution >= 0.6 is 0 Å². The summed E-state index contributed by atoms with van der Waals surface area (Å²) >= 11 is 0. The Morgan fingerprint density at radius 1 is 1.21 bits per heavy atom. The quantitative estimate of drug-likeness (QED) is 0.732. The normalized spacial score (nSPS) is 25.7. The van der Waals surface area contributed by atoms with Gasteiger partial charge in [-0.3, -0.25) is 4.90 Å². The van der Waals surface area contributed by atoms with Crippen LogP contribution in [0.1, 0.15) is 23.6 Å². The van der Waals surface area contributed by atoms with E-state index in [0.717, 1.165) is 13.0 Å². The van der Waals surface area contributed by atoms with Gasteiger partial charge >= 0.3 is 0 Å². The Labute approximate surface area is 115 Å². The standard InChI is InChI=1S/C15H24N2O2/c1-11-3-5-12(6-4-11)13(16-2)7-8-17-9-14(18)15(19)10-17/h3-6,13-16,18-19H,7-10H2,1-2H3. The second-order valence-electron chi connectivity index (χ2n) is 5.43. The van der Waals surface area contributed by atoms with Crippen molar-refractivity contribution in [3.8, 4) is 0 Å². The number of nitrogens with one attached hydrogen (secondary N) is 1. The Bertz CT molecular complexity index is 384. The number of aryl methyl sites for hydroxylation is 1. The Morgan fingerprint density at radius 3 is 2.32 bits per heavy atom. The van der Waals surface area contributed by atoms with Crippen molar-refractivity contribution in [2.75, 3.05) is 26.7 Å². The van der Waals surface area contributed by atoms with E-state index < -0.39 is 12.2 Å². The fourth-order valence-corrected chi connectivity index (χ4v) is 2.62. The number of likely N-dealkylation sites (tertiary alicyclic amines) is 1. The van der Waals surface area contributed by atoms with Crippen LogP contribution in [0.3, 0.4) is 0 Å². The zero-order chi connectivity index (χ0) is 13.8. The van der Waals surface area contributed by atoms with Crippen molar-refractivity contribution in [3.63, 3.8) is 0 Å². The zero-order valence-corrected chi connectivity index (χ0v) is 11.7. The molecule has 1 aromatic rings. The molecule has 0 spiro atoms. The molecule has 0 bridgehead atoms. The molecule has 1 aliphatic heterocycles. The molecular weight excluding hydrogens is 240 g/mol. The summed E-state index contributed by atoms with van der Waals surface area (Å²) in [6.07, 6.45) is -0.209. The third-order valence-corrected chi connectivity index (χ3v) is 3.90. The number of aliphatic hydroxyl groups is 2. The summed E-state index contributed by atoms with van der Waals surface area (Å²) in [7, 11) is 1.97. The van der Waals surface area contributed by atoms with Gasteiger partial charge in [0, 0.05) is 25.7 Å². The number of rotatable bonds is 5. The first-order chi connectivity index (χ1) is 9.10. The minimum atomic E-state index is -0.590. The van der Waals surface area contributed by atoms with Crippen molar-refractivity contribution in [2.24, 2.45) is 0 Å². The first kappa shape index (κ1) is 14.5. The summed E-state index contributed by atoms with van der Waals surface area (Å²) in [6.45, 7) is 4.12. The number of hydrogen-bond acceptors (Lipinski definition) is 4. The third-order valence-electron chi connectivity index (χ3n) is 3.90. The van der Waals surface area contributed by atoms with Crippen molar-refractivity contribution >= 4 is 0 Å². The molecule has 1 aromatic carbocycles. The van der Waals surface area contributed by atoms with Crippen LogP contribution in [-0.4, -0.2) is 54.0 Å². The topological polar surface area (TPSA) is 55.7 Å². The number of β-amino-alcohol motifs (C(OH)–C–C–N with tert-alkyl or cyclic N) is 2. The van der Waals surface area contributed by atoms with E-state index in [4.69, 9.17) is 0 Å². The summed E-state index contributed by atoms with van der Waals surface area (Å²) in [4.78, 5) is 2.12. The first-order valence-electron chi connectivity index (χ1n) is 6.92. The lowest BCUT2D eigenvalue weighted by Gasteiger charge is -2.21. The van der Waals surface area contributed by atoms with E-state index in [1.54, 1.807) is 0 Å². The molecule has 0 saturated carbocycles. The van der Waals surface area contributed by atoms with Gasteiger partial charge in [-0.05, 0) is 26.0 Å². The molecule has 0 aliphatic carbocycles. The van der Waals surface area contributed by atoms with Gasteiger partial charge in [0.1, 0.15) is 0 Å². The predicted molar refractivity (Wildman–Crippen MR) is 76.1 cm³/mol. The summed E-state index contributed by atoms with van der Waals surface area (Å²) in [5.41, 5.74) is 2.55. The van der Waals surface area contributed by atoms with Gasteiger partial charge in [-0.1, -0.05) is 29.8 Å². The van der Waals surface area contributed by atoms with Crippen LogP contribution in [0.2, 0.25) is 0 Å². The molecule has 0 aromatic heterocycles. The van der Waals surface area contributed by atoms with Crippen molar-refractivity contribution in [3.05, 3.63) is 35.4 Å². The van der Waals surface area contributed by atoms with Crippen LogP contribution in [0.25, 0.3) is 0 Å². The van der Waals surface area contributed by atoms with Crippen LogP contribution in [0.5, 0.6) is 0 Å². The summed E-state index contributed by atoms with van der Waals surface area (Å²) in [5.74, 6) is 0. The van der Waals surface area contributed by atoms with Gasteiger partial charge in [0.25, 0.3) is 0 Å². The predicted octanol–water partition coefficient (Wildman–Crippen LogP) is 0.683. The smallest absolute Gasteiger partial charge is 0.0938 e. The second kappa shape index (κ2) is 6.48. The lowest BCUT2D eigenvalue weighted by molar-refractivity contribution is 0.0572. The highest BCUT2D eigenvalue weighted by Crippen LogP contribution is 2.19. The highest BCUT2D eigenvalue weighted by molar-refractivity contribution is 5.24. The van der Waals surface area contributed by atoms with Gasteiger partial charge in [0.15, 0.2) is 0 Å². The molecule has 1 saturated heterocycles. The van der Waals surface area contributed by atoms with E-state index in [-0.39, 0.29) is 0 Å². The van der Waals surface area contributed by atoms with Crippen LogP contribution < -0.4 is 5.32 Å². The van der Waals surface area contributed by atoms with Gasteiger partial charge in [-0.25, -0.2) is 0 Å². The third kappa shape index (κ3) is 3.76. The number of hydrogen-bond donors (Lipinski definition) is 3. The molecule has 1 aliphatic rings. The molecule has 3 atom stereocenters. The molecular formula is C15H24N2O2. The van der Waals surface area contributed by atoms with Gasteiger partial charge < -0.3 is 15.5 Å². The molecule has 106 valence electrons. The van der Waals surface area contributed by atoms with E-state index >= 15 is 0 Å². The van der Waals surface area contributed by atoms with Gasteiger partial charge in [0.05, 0.1) is 12.2 Å². The number of aliphatic hydroxyl groups excluding tert-OH is 2. The van der Waals surface area contributed by atoms with Gasteiger partial charge in [-0.2, -0.15) is 0 Å². The largest absolute Gasteiger partial charge is 0.389 e. The first-order valence-corrected chi connectivity index (χ1v) is 6.92. The lowest BCUT2D eigenvalue weighted by atomic mass is 10.0. The highest BCUT2D eigenvalue weighted by Gasteiger charge is 2.29. The maximum absolute atomic E-state index is 9.53. The monoisotopic (exact) mass is 264 g/mol. The summed E-state index contributed by atoms with van der Waals surface area (Å²) < 4.78 is 0. The zero-order valence-electron chi connectivity index (χ0n) is 11.7. The lowest BCUT2D eigenvalue weighted by Crippen LogP contribution is -2.27. The molecule has 3 N–H and O–H groups in total. The Hall–Kier alpha value is -0.940. The maximum Gasteiger partial charge on any atom is 0.0938 e. The highest BCUT2D eigenvalue weighted by atomic mass is 16.3. The average Bonchev–Trinajstić information content (AvgIpc) is 2.71. The van der Waals surface area contributed by atoms with Gasteiger partial charge in [0.2, 0.25) is 0 Å². The van der Waals surface area contributed by atoms with Gasteiger partial charge in [-0.15, -0.1) is 0 Å². The van der Waals surface area contributed by atoms with Crippen molar-refractivity contribution in [1.82, 2.24) is 10.2 Å². The fourth-order valence-electron chi connectivity index (χ4n) is 2.62. The van der Waals surface area contributed by atoms with E-state index in [1.165, 1.54) is 11.1 Å². The average molecular weight is 264 g/mol. The summed E-state index contributed by atoms with van der Waals surface area (Å²) in [5, 5.41) is 22.4. The molecule has 4 heteroatoms. The Balaban J connectivity index is 1.88. The van der Waals surface area contributed by atoms with Crippen LogP contribution in [-0.2, 0) is 0 Å². The Kier molecular flexibility index (Phi) is 4.93. The van der Waals surface area contributed by atoms with Crippen LogP contribution in [0, 0.1) is 6.92 Å². The summed E-state index contributed by atoms with van der Waals surface area (Å²) in [6, 6.07) is 8.89. The molecule has 2 rings (SSSR count). The van der Waals surface area contributed by atoms with Crippen molar-refractivity contribution in [1.29, 1.82) is 0 Å². The maximum atomic E-state index is 9.53.